The Labute approximate surface area is 236 Å². The number of nitrogens with zero attached hydrogens (tertiary/aromatic N) is 7. The van der Waals surface area contributed by atoms with Gasteiger partial charge >= 0.3 is 10.8 Å². The molecule has 1 aromatic carbocycles. The lowest BCUT2D eigenvalue weighted by Crippen LogP contribution is -2.47. The van der Waals surface area contributed by atoms with E-state index in [0.29, 0.717) is 72.5 Å². The minimum absolute atomic E-state index is 0.114. The number of piperazine rings is 1. The SMILES string of the molecule is CC(C)(Oc1ccc(N2CCN(CCn3c(=O)sc4c3nc(N)n3nc(-c5ccco5)nc43)CC2)c(F)c1)C(=O)O. The molecule has 4 aromatic heterocycles. The van der Waals surface area contributed by atoms with Gasteiger partial charge in [-0.3, -0.25) is 14.3 Å². The van der Waals surface area contributed by atoms with Crippen LogP contribution >= 0.6 is 11.3 Å². The van der Waals surface area contributed by atoms with Crippen molar-refractivity contribution in [2.45, 2.75) is 26.0 Å². The van der Waals surface area contributed by atoms with Crippen molar-refractivity contribution in [2.75, 3.05) is 43.4 Å². The summed E-state index contributed by atoms with van der Waals surface area (Å²) in [5.41, 5.74) is 6.02. The van der Waals surface area contributed by atoms with Gasteiger partial charge in [0.2, 0.25) is 11.8 Å². The number of benzene rings is 1. The lowest BCUT2D eigenvalue weighted by atomic mass is 10.1. The first kappa shape index (κ1) is 26.7. The number of nitrogens with two attached hydrogens (primary N) is 1. The molecule has 1 fully saturated rings. The number of rotatable bonds is 8. The second-order valence-corrected chi connectivity index (χ2v) is 11.1. The topological polar surface area (TPSA) is 157 Å². The number of carboxylic acids is 1. The van der Waals surface area contributed by atoms with E-state index < -0.39 is 17.4 Å². The second kappa shape index (κ2) is 10.2. The highest BCUT2D eigenvalue weighted by Gasteiger charge is 2.30. The molecule has 0 atom stereocenters. The molecule has 0 radical (unpaired) electrons. The normalized spacial score (nSPS) is 14.8. The van der Waals surface area contributed by atoms with Gasteiger partial charge in [0, 0.05) is 45.3 Å². The zero-order chi connectivity index (χ0) is 28.9. The Morgan fingerprint density at radius 3 is 2.63 bits per heavy atom. The van der Waals surface area contributed by atoms with Gasteiger partial charge in [0.25, 0.3) is 0 Å². The van der Waals surface area contributed by atoms with Crippen molar-refractivity contribution in [3.05, 3.63) is 52.1 Å². The summed E-state index contributed by atoms with van der Waals surface area (Å²) >= 11 is 1.04. The molecule has 5 heterocycles. The van der Waals surface area contributed by atoms with Crippen LogP contribution in [0.5, 0.6) is 5.75 Å². The number of carbonyl (C=O) groups is 1. The molecule has 0 spiro atoms. The average Bonchev–Trinajstić information content (AvgIpc) is 3.67. The number of anilines is 2. The highest BCUT2D eigenvalue weighted by Crippen LogP contribution is 2.28. The Bertz CT molecular complexity index is 1800. The smallest absolute Gasteiger partial charge is 0.347 e. The summed E-state index contributed by atoms with van der Waals surface area (Å²) in [6, 6.07) is 7.87. The molecule has 1 aliphatic rings. The molecule has 1 aliphatic heterocycles. The van der Waals surface area contributed by atoms with Crippen molar-refractivity contribution in [3.8, 4) is 17.3 Å². The number of carboxylic acid groups (broad SMARTS) is 1. The number of hydrogen-bond donors (Lipinski definition) is 2. The molecule has 6 rings (SSSR count). The van der Waals surface area contributed by atoms with Crippen LogP contribution in [0, 0.1) is 5.82 Å². The summed E-state index contributed by atoms with van der Waals surface area (Å²) in [4.78, 5) is 37.2. The fourth-order valence-corrected chi connectivity index (χ4v) is 5.67. The number of halogens is 1. The third kappa shape index (κ3) is 4.97. The minimum atomic E-state index is -1.47. The van der Waals surface area contributed by atoms with Gasteiger partial charge in [-0.25, -0.2) is 14.2 Å². The van der Waals surface area contributed by atoms with Gasteiger partial charge in [0.15, 0.2) is 22.7 Å². The predicted molar refractivity (Wildman–Crippen MR) is 150 cm³/mol. The van der Waals surface area contributed by atoms with E-state index in [1.54, 1.807) is 28.8 Å². The number of thiazole rings is 1. The first-order valence-corrected chi connectivity index (χ1v) is 13.7. The van der Waals surface area contributed by atoms with E-state index in [0.717, 1.165) is 11.3 Å². The Morgan fingerprint density at radius 1 is 1.17 bits per heavy atom. The zero-order valence-corrected chi connectivity index (χ0v) is 23.1. The van der Waals surface area contributed by atoms with E-state index in [1.165, 1.54) is 30.7 Å². The van der Waals surface area contributed by atoms with Crippen molar-refractivity contribution >= 4 is 44.9 Å². The summed E-state index contributed by atoms with van der Waals surface area (Å²) < 4.78 is 29.3. The maximum Gasteiger partial charge on any atom is 0.347 e. The molecule has 41 heavy (non-hydrogen) atoms. The van der Waals surface area contributed by atoms with Crippen LogP contribution in [0.2, 0.25) is 0 Å². The number of nitrogen functional groups attached to an aromatic ring is 1. The zero-order valence-electron chi connectivity index (χ0n) is 22.3. The number of aromatic nitrogens is 5. The van der Waals surface area contributed by atoms with Gasteiger partial charge in [0.1, 0.15) is 16.3 Å². The predicted octanol–water partition coefficient (Wildman–Crippen LogP) is 2.55. The largest absolute Gasteiger partial charge is 0.478 e. The molecular weight excluding hydrogens is 555 g/mol. The van der Waals surface area contributed by atoms with Crippen LogP contribution in [0.4, 0.5) is 16.0 Å². The second-order valence-electron chi connectivity index (χ2n) is 10.1. The lowest BCUT2D eigenvalue weighted by molar-refractivity contribution is -0.152. The monoisotopic (exact) mass is 582 g/mol. The molecule has 15 heteroatoms. The number of ether oxygens (including phenoxy) is 1. The van der Waals surface area contributed by atoms with Crippen LogP contribution in [0.3, 0.4) is 0 Å². The summed E-state index contributed by atoms with van der Waals surface area (Å²) in [5, 5.41) is 13.6. The molecule has 5 aromatic rings. The molecular formula is C26H27FN8O5S. The Kier molecular flexibility index (Phi) is 6.62. The van der Waals surface area contributed by atoms with E-state index >= 15 is 0 Å². The van der Waals surface area contributed by atoms with E-state index in [1.807, 2.05) is 4.90 Å². The van der Waals surface area contributed by atoms with Crippen molar-refractivity contribution in [1.29, 1.82) is 0 Å². The van der Waals surface area contributed by atoms with Crippen LogP contribution in [0.25, 0.3) is 27.6 Å². The van der Waals surface area contributed by atoms with Crippen molar-refractivity contribution in [1.82, 2.24) is 29.0 Å². The molecule has 0 saturated carbocycles. The van der Waals surface area contributed by atoms with Crippen molar-refractivity contribution in [2.24, 2.45) is 0 Å². The fraction of sp³-hybridized carbons (Fsp3) is 0.346. The summed E-state index contributed by atoms with van der Waals surface area (Å²) in [6.45, 7) is 6.30. The molecule has 0 bridgehead atoms. The fourth-order valence-electron chi connectivity index (χ4n) is 4.74. The maximum absolute atomic E-state index is 14.9. The number of furan rings is 1. The van der Waals surface area contributed by atoms with E-state index in [4.69, 9.17) is 14.9 Å². The van der Waals surface area contributed by atoms with Crippen molar-refractivity contribution < 1.29 is 23.4 Å². The van der Waals surface area contributed by atoms with Crippen LogP contribution in [0.15, 0.2) is 45.8 Å². The highest BCUT2D eigenvalue weighted by atomic mass is 32.1. The first-order chi connectivity index (χ1) is 19.6. The Morgan fingerprint density at radius 2 is 1.95 bits per heavy atom. The first-order valence-electron chi connectivity index (χ1n) is 12.9. The summed E-state index contributed by atoms with van der Waals surface area (Å²) in [5.74, 6) is -0.515. The average molecular weight is 583 g/mol. The quantitative estimate of drug-likeness (QED) is 0.277. The maximum atomic E-state index is 14.9. The van der Waals surface area contributed by atoms with Gasteiger partial charge in [-0.1, -0.05) is 11.3 Å². The number of aliphatic carboxylic acids is 1. The van der Waals surface area contributed by atoms with Gasteiger partial charge in [-0.05, 0) is 38.1 Å². The summed E-state index contributed by atoms with van der Waals surface area (Å²) in [7, 11) is 0. The summed E-state index contributed by atoms with van der Waals surface area (Å²) in [6.07, 6.45) is 1.53. The lowest BCUT2D eigenvalue weighted by Gasteiger charge is -2.36. The highest BCUT2D eigenvalue weighted by molar-refractivity contribution is 7.17. The Hall–Kier alpha value is -4.50. The molecule has 214 valence electrons. The van der Waals surface area contributed by atoms with E-state index in [9.17, 15) is 19.1 Å². The molecule has 1 saturated heterocycles. The molecule has 13 nitrogen and oxygen atoms in total. The van der Waals surface area contributed by atoms with E-state index in [-0.39, 0.29) is 16.6 Å². The third-order valence-corrected chi connectivity index (χ3v) is 7.98. The number of fused-ring (bicyclic) bond motifs is 3. The minimum Gasteiger partial charge on any atom is -0.478 e. The van der Waals surface area contributed by atoms with Crippen LogP contribution < -0.4 is 20.2 Å². The van der Waals surface area contributed by atoms with Gasteiger partial charge in [-0.2, -0.15) is 9.50 Å². The van der Waals surface area contributed by atoms with Crippen LogP contribution in [0.1, 0.15) is 13.8 Å². The van der Waals surface area contributed by atoms with Gasteiger partial charge in [0.05, 0.1) is 12.0 Å². The molecule has 0 unspecified atom stereocenters. The molecule has 0 amide bonds. The number of hydrogen-bond acceptors (Lipinski definition) is 11. The standard InChI is InChI=1S/C26H27FN8O5S/c1-26(2,23(36)37)40-15-5-6-17(16(27)14-15)33-10-7-32(8-11-33)9-12-34-21-19(41-25(34)38)22-29-20(18-4-3-13-39-18)31-35(22)24(28)30-21/h3-6,13-14H,7-12H2,1-2H3,(H2,28,30)(H,36,37). The molecule has 0 aliphatic carbocycles. The van der Waals surface area contributed by atoms with Crippen LogP contribution in [-0.2, 0) is 11.3 Å². The van der Waals surface area contributed by atoms with E-state index in [2.05, 4.69) is 20.0 Å². The Balaban J connectivity index is 1.13. The van der Waals surface area contributed by atoms with Gasteiger partial charge < -0.3 is 24.9 Å². The molecule has 3 N–H and O–H groups in total. The van der Waals surface area contributed by atoms with Crippen LogP contribution in [-0.4, -0.2) is 78.4 Å². The van der Waals surface area contributed by atoms with Crippen molar-refractivity contribution in [3.63, 3.8) is 0 Å². The van der Waals surface area contributed by atoms with Gasteiger partial charge in [-0.15, -0.1) is 5.10 Å². The third-order valence-electron chi connectivity index (χ3n) is 7.02.